The number of carbonyl (C=O) groups is 2. The van der Waals surface area contributed by atoms with Crippen molar-refractivity contribution in [2.24, 2.45) is 5.41 Å². The van der Waals surface area contributed by atoms with Gasteiger partial charge in [-0.2, -0.15) is 0 Å². The lowest BCUT2D eigenvalue weighted by Gasteiger charge is -2.27. The van der Waals surface area contributed by atoms with E-state index in [1.54, 1.807) is 13.0 Å². The monoisotopic (exact) mass is 351 g/mol. The third-order valence-electron chi connectivity index (χ3n) is 4.06. The summed E-state index contributed by atoms with van der Waals surface area (Å²) >= 11 is 3.35. The summed E-state index contributed by atoms with van der Waals surface area (Å²) in [4.78, 5) is 23.3. The van der Waals surface area contributed by atoms with Crippen molar-refractivity contribution in [1.82, 2.24) is 5.32 Å². The molecule has 2 rings (SSSR count). The van der Waals surface area contributed by atoms with Gasteiger partial charge in [0.1, 0.15) is 0 Å². The van der Waals surface area contributed by atoms with Crippen molar-refractivity contribution in [3.63, 3.8) is 0 Å². The maximum absolute atomic E-state index is 11.9. The maximum Gasteiger partial charge on any atom is 0.311 e. The molecule has 1 aromatic rings. The molecule has 1 aromatic carbocycles. The summed E-state index contributed by atoms with van der Waals surface area (Å²) in [5, 5.41) is 12.1. The van der Waals surface area contributed by atoms with Gasteiger partial charge in [0.05, 0.1) is 5.41 Å². The first-order valence-corrected chi connectivity index (χ1v) is 7.69. The van der Waals surface area contributed by atoms with Crippen LogP contribution in [0.3, 0.4) is 0 Å². The van der Waals surface area contributed by atoms with E-state index in [1.165, 1.54) is 6.08 Å². The lowest BCUT2D eigenvalue weighted by Crippen LogP contribution is -2.46. The van der Waals surface area contributed by atoms with Gasteiger partial charge in [0.15, 0.2) is 0 Å². The van der Waals surface area contributed by atoms with Crippen molar-refractivity contribution in [3.05, 3.63) is 40.4 Å². The van der Waals surface area contributed by atoms with Crippen LogP contribution in [0.25, 0.3) is 6.08 Å². The fraction of sp³-hybridized carbons (Fsp3) is 0.375. The van der Waals surface area contributed by atoms with E-state index in [4.69, 9.17) is 0 Å². The second kappa shape index (κ2) is 6.43. The maximum atomic E-state index is 11.9. The standard InChI is InChI=1S/C16H18BrNO3/c1-16(15(20)21)10-2-3-13(16)18-14(19)9-6-11-4-7-12(17)8-5-11/h4-9,13H,2-3,10H2,1H3,(H,18,19)(H,20,21)/b9-6+. The smallest absolute Gasteiger partial charge is 0.311 e. The van der Waals surface area contributed by atoms with E-state index >= 15 is 0 Å². The van der Waals surface area contributed by atoms with E-state index in [2.05, 4.69) is 21.2 Å². The highest BCUT2D eigenvalue weighted by Crippen LogP contribution is 2.38. The molecular formula is C16H18BrNO3. The molecular weight excluding hydrogens is 334 g/mol. The fourth-order valence-electron chi connectivity index (χ4n) is 2.62. The number of amides is 1. The van der Waals surface area contributed by atoms with Crippen LogP contribution in [0, 0.1) is 5.41 Å². The van der Waals surface area contributed by atoms with Crippen LogP contribution in [0.2, 0.25) is 0 Å². The average molecular weight is 352 g/mol. The largest absolute Gasteiger partial charge is 0.481 e. The van der Waals surface area contributed by atoms with Crippen LogP contribution in [-0.2, 0) is 9.59 Å². The van der Waals surface area contributed by atoms with Gasteiger partial charge < -0.3 is 10.4 Å². The molecule has 1 saturated carbocycles. The summed E-state index contributed by atoms with van der Waals surface area (Å²) in [6.45, 7) is 1.70. The summed E-state index contributed by atoms with van der Waals surface area (Å²) < 4.78 is 0.979. The highest BCUT2D eigenvalue weighted by molar-refractivity contribution is 9.10. The molecule has 4 nitrogen and oxygen atoms in total. The summed E-state index contributed by atoms with van der Waals surface area (Å²) in [7, 11) is 0. The summed E-state index contributed by atoms with van der Waals surface area (Å²) in [5.74, 6) is -1.10. The topological polar surface area (TPSA) is 66.4 Å². The third-order valence-corrected chi connectivity index (χ3v) is 4.59. The second-order valence-electron chi connectivity index (χ2n) is 5.56. The van der Waals surface area contributed by atoms with E-state index in [-0.39, 0.29) is 11.9 Å². The van der Waals surface area contributed by atoms with Crippen LogP contribution in [0.4, 0.5) is 0 Å². The van der Waals surface area contributed by atoms with E-state index in [9.17, 15) is 14.7 Å². The van der Waals surface area contributed by atoms with Gasteiger partial charge in [0.2, 0.25) is 5.91 Å². The molecule has 1 aliphatic carbocycles. The number of nitrogens with one attached hydrogen (secondary N) is 1. The zero-order chi connectivity index (χ0) is 15.5. The molecule has 0 heterocycles. The normalized spacial score (nSPS) is 25.1. The lowest BCUT2D eigenvalue weighted by molar-refractivity contribution is -0.148. The molecule has 0 aromatic heterocycles. The summed E-state index contributed by atoms with van der Waals surface area (Å²) in [5.41, 5.74) is 0.0574. The number of carbonyl (C=O) groups excluding carboxylic acids is 1. The molecule has 0 saturated heterocycles. The predicted molar refractivity (Wildman–Crippen MR) is 84.7 cm³/mol. The lowest BCUT2D eigenvalue weighted by atomic mass is 9.85. The quantitative estimate of drug-likeness (QED) is 0.818. The first-order valence-electron chi connectivity index (χ1n) is 6.89. The average Bonchev–Trinajstić information content (AvgIpc) is 2.81. The first kappa shape index (κ1) is 15.8. The summed E-state index contributed by atoms with van der Waals surface area (Å²) in [6, 6.07) is 7.28. The number of aliphatic carboxylic acids is 1. The van der Waals surface area contributed by atoms with E-state index in [1.807, 2.05) is 24.3 Å². The number of hydrogen-bond donors (Lipinski definition) is 2. The van der Waals surface area contributed by atoms with Crippen LogP contribution < -0.4 is 5.32 Å². The van der Waals surface area contributed by atoms with Gasteiger partial charge in [0.25, 0.3) is 0 Å². The number of benzene rings is 1. The molecule has 0 radical (unpaired) electrons. The van der Waals surface area contributed by atoms with Crippen molar-refractivity contribution in [3.8, 4) is 0 Å². The SMILES string of the molecule is CC1(C(=O)O)CCCC1NC(=O)/C=C/c1ccc(Br)cc1. The van der Waals surface area contributed by atoms with Crippen LogP contribution >= 0.6 is 15.9 Å². The number of halogens is 1. The highest BCUT2D eigenvalue weighted by Gasteiger charge is 2.45. The van der Waals surface area contributed by atoms with Crippen LogP contribution in [0.5, 0.6) is 0 Å². The Balaban J connectivity index is 1.98. The number of hydrogen-bond acceptors (Lipinski definition) is 2. The Kier molecular flexibility index (Phi) is 4.83. The van der Waals surface area contributed by atoms with Gasteiger partial charge in [0, 0.05) is 16.6 Å². The Morgan fingerprint density at radius 2 is 2.05 bits per heavy atom. The minimum atomic E-state index is -0.860. The Morgan fingerprint density at radius 1 is 1.38 bits per heavy atom. The van der Waals surface area contributed by atoms with E-state index in [0.717, 1.165) is 16.5 Å². The minimum Gasteiger partial charge on any atom is -0.481 e. The number of carboxylic acid groups (broad SMARTS) is 1. The first-order chi connectivity index (χ1) is 9.91. The molecule has 1 aliphatic rings. The van der Waals surface area contributed by atoms with Crippen molar-refractivity contribution in [1.29, 1.82) is 0 Å². The van der Waals surface area contributed by atoms with Gasteiger partial charge in [-0.05, 0) is 43.5 Å². The van der Waals surface area contributed by atoms with Gasteiger partial charge in [-0.1, -0.05) is 34.5 Å². The molecule has 0 spiro atoms. The Bertz CT molecular complexity index is 567. The number of rotatable bonds is 4. The Hall–Kier alpha value is -1.62. The molecule has 0 bridgehead atoms. The van der Waals surface area contributed by atoms with Crippen molar-refractivity contribution in [2.45, 2.75) is 32.2 Å². The molecule has 112 valence electrons. The van der Waals surface area contributed by atoms with Crippen LogP contribution in [0.1, 0.15) is 31.7 Å². The zero-order valence-corrected chi connectivity index (χ0v) is 13.4. The van der Waals surface area contributed by atoms with Gasteiger partial charge in [-0.15, -0.1) is 0 Å². The molecule has 2 atom stereocenters. The molecule has 1 amide bonds. The van der Waals surface area contributed by atoms with E-state index in [0.29, 0.717) is 12.8 Å². The zero-order valence-electron chi connectivity index (χ0n) is 11.8. The Labute approximate surface area is 132 Å². The molecule has 0 aliphatic heterocycles. The molecule has 21 heavy (non-hydrogen) atoms. The fourth-order valence-corrected chi connectivity index (χ4v) is 2.88. The highest BCUT2D eigenvalue weighted by atomic mass is 79.9. The molecule has 2 N–H and O–H groups in total. The van der Waals surface area contributed by atoms with Crippen LogP contribution in [-0.4, -0.2) is 23.0 Å². The van der Waals surface area contributed by atoms with Crippen molar-refractivity contribution < 1.29 is 14.7 Å². The van der Waals surface area contributed by atoms with Gasteiger partial charge >= 0.3 is 5.97 Å². The van der Waals surface area contributed by atoms with Crippen molar-refractivity contribution in [2.75, 3.05) is 0 Å². The Morgan fingerprint density at radius 3 is 2.67 bits per heavy atom. The van der Waals surface area contributed by atoms with Crippen molar-refractivity contribution >= 4 is 33.9 Å². The summed E-state index contributed by atoms with van der Waals surface area (Å²) in [6.07, 6.45) is 5.30. The van der Waals surface area contributed by atoms with Crippen LogP contribution in [0.15, 0.2) is 34.8 Å². The third kappa shape index (κ3) is 3.73. The van der Waals surface area contributed by atoms with E-state index < -0.39 is 11.4 Å². The van der Waals surface area contributed by atoms with Gasteiger partial charge in [-0.25, -0.2) is 0 Å². The number of carboxylic acids is 1. The molecule has 1 fully saturated rings. The second-order valence-corrected chi connectivity index (χ2v) is 6.48. The predicted octanol–water partition coefficient (Wildman–Crippen LogP) is 3.22. The van der Waals surface area contributed by atoms with Gasteiger partial charge in [-0.3, -0.25) is 9.59 Å². The molecule has 5 heteroatoms. The molecule has 2 unspecified atom stereocenters. The minimum absolute atomic E-state index is 0.253.